The van der Waals surface area contributed by atoms with Gasteiger partial charge in [-0.1, -0.05) is 37.9 Å². The maximum Gasteiger partial charge on any atom is 0.284 e. The number of nitrogens with one attached hydrogen (secondary N) is 1. The second-order valence-corrected chi connectivity index (χ2v) is 6.57. The Bertz CT molecular complexity index is 397. The third-order valence-corrected chi connectivity index (χ3v) is 4.77. The molecule has 1 fully saturated rings. The fraction of sp³-hybridized carbons (Fsp3) is 0.733. The fourth-order valence-corrected chi connectivity index (χ4v) is 3.26. The van der Waals surface area contributed by atoms with Crippen molar-refractivity contribution in [1.29, 1.82) is 0 Å². The highest BCUT2D eigenvalue weighted by Gasteiger charge is 2.20. The predicted octanol–water partition coefficient (Wildman–Crippen LogP) is 4.65. The highest BCUT2D eigenvalue weighted by Crippen LogP contribution is 2.29. The molecule has 1 aromatic heterocycles. The smallest absolute Gasteiger partial charge is 0.284 e. The van der Waals surface area contributed by atoms with Crippen molar-refractivity contribution in [3.8, 4) is 0 Å². The van der Waals surface area contributed by atoms with Crippen LogP contribution in [0, 0.1) is 11.8 Å². The number of hydrogen-bond donors (Lipinski definition) is 1. The minimum atomic E-state index is -2.34. The Balaban J connectivity index is 1.68. The lowest BCUT2D eigenvalue weighted by molar-refractivity contribution is 0.245. The fourth-order valence-electron chi connectivity index (χ4n) is 2.82. The van der Waals surface area contributed by atoms with Gasteiger partial charge in [0, 0.05) is 0 Å². The summed E-state index contributed by atoms with van der Waals surface area (Å²) in [5, 5.41) is 3.43. The molecule has 0 radical (unpaired) electrons. The zero-order chi connectivity index (χ0) is 14.4. The van der Waals surface area contributed by atoms with Crippen LogP contribution in [0.2, 0.25) is 0 Å². The van der Waals surface area contributed by atoms with Crippen LogP contribution in [0.5, 0.6) is 0 Å². The first-order chi connectivity index (χ1) is 9.65. The average molecular weight is 303 g/mol. The molecule has 20 heavy (non-hydrogen) atoms. The minimum Gasteiger partial charge on any atom is -0.464 e. The van der Waals surface area contributed by atoms with E-state index in [4.69, 9.17) is 4.42 Å². The van der Waals surface area contributed by atoms with E-state index >= 15 is 0 Å². The van der Waals surface area contributed by atoms with Gasteiger partial charge in [0.25, 0.3) is 5.76 Å². The lowest BCUT2D eigenvalue weighted by Crippen LogP contribution is -2.28. The van der Waals surface area contributed by atoms with E-state index in [1.165, 1.54) is 25.7 Å². The van der Waals surface area contributed by atoms with Gasteiger partial charge < -0.3 is 9.73 Å². The van der Waals surface area contributed by atoms with E-state index in [0.29, 0.717) is 24.1 Å². The molecule has 2 nitrogen and oxygen atoms in total. The van der Waals surface area contributed by atoms with E-state index in [1.807, 2.05) is 6.07 Å². The first-order valence-electron chi connectivity index (χ1n) is 7.33. The minimum absolute atomic E-state index is 0.233. The largest absolute Gasteiger partial charge is 0.464 e. The molecule has 1 heterocycles. The number of rotatable bonds is 7. The molecule has 1 aromatic rings. The summed E-state index contributed by atoms with van der Waals surface area (Å²) in [7, 11) is 0. The lowest BCUT2D eigenvalue weighted by Gasteiger charge is -2.28. The van der Waals surface area contributed by atoms with Crippen LogP contribution < -0.4 is 5.32 Å². The molecule has 0 spiro atoms. The summed E-state index contributed by atoms with van der Waals surface area (Å²) in [4.78, 5) is 0. The Morgan fingerprint density at radius 1 is 1.30 bits per heavy atom. The highest BCUT2D eigenvalue weighted by molar-refractivity contribution is 7.98. The third kappa shape index (κ3) is 5.09. The first-order valence-corrected chi connectivity index (χ1v) is 8.38. The summed E-state index contributed by atoms with van der Waals surface area (Å²) in [6.45, 7) is 4.03. The Morgan fingerprint density at radius 2 is 2.05 bits per heavy atom. The zero-order valence-corrected chi connectivity index (χ0v) is 12.7. The Morgan fingerprint density at radius 3 is 2.80 bits per heavy atom. The Kier molecular flexibility index (Phi) is 6.36. The first kappa shape index (κ1) is 15.8. The van der Waals surface area contributed by atoms with Crippen LogP contribution >= 0.6 is 11.8 Å². The van der Waals surface area contributed by atoms with E-state index in [1.54, 1.807) is 6.07 Å². The van der Waals surface area contributed by atoms with Crippen molar-refractivity contribution >= 4 is 11.8 Å². The molecule has 2 rings (SSSR count). The molecule has 0 aliphatic heterocycles. The van der Waals surface area contributed by atoms with Gasteiger partial charge in [0.2, 0.25) is 0 Å². The van der Waals surface area contributed by atoms with E-state index in [2.05, 4.69) is 12.2 Å². The van der Waals surface area contributed by atoms with Gasteiger partial charge in [-0.3, -0.25) is 0 Å². The molecule has 2 atom stereocenters. The number of hydrogen-bond acceptors (Lipinski definition) is 3. The van der Waals surface area contributed by atoms with Crippen LogP contribution in [-0.2, 0) is 12.3 Å². The molecule has 0 aromatic carbocycles. The van der Waals surface area contributed by atoms with Gasteiger partial charge in [-0.15, -0.1) is 0 Å². The van der Waals surface area contributed by atoms with E-state index in [-0.39, 0.29) is 5.75 Å². The van der Waals surface area contributed by atoms with Crippen molar-refractivity contribution in [1.82, 2.24) is 5.32 Å². The van der Waals surface area contributed by atoms with Gasteiger partial charge >= 0.3 is 0 Å². The van der Waals surface area contributed by atoms with Crippen molar-refractivity contribution in [2.75, 3.05) is 6.54 Å². The van der Waals surface area contributed by atoms with Crippen LogP contribution in [0.15, 0.2) is 16.5 Å². The van der Waals surface area contributed by atoms with Crippen molar-refractivity contribution < 1.29 is 13.2 Å². The van der Waals surface area contributed by atoms with E-state index < -0.39 is 5.76 Å². The number of furan rings is 1. The summed E-state index contributed by atoms with van der Waals surface area (Å²) in [6, 6.07) is 3.66. The summed E-state index contributed by atoms with van der Waals surface area (Å²) in [5.74, 6) is 0.904. The third-order valence-electron chi connectivity index (χ3n) is 4.06. The van der Waals surface area contributed by atoms with Gasteiger partial charge in [-0.25, -0.2) is 0 Å². The monoisotopic (exact) mass is 303 g/mol. The molecule has 1 aliphatic carbocycles. The molecule has 1 saturated carbocycles. The van der Waals surface area contributed by atoms with Gasteiger partial charge in [-0.05, 0) is 36.9 Å². The maximum atomic E-state index is 12.1. The van der Waals surface area contributed by atoms with Gasteiger partial charge in [0.05, 0.1) is 12.3 Å². The van der Waals surface area contributed by atoms with Gasteiger partial charge in [0.15, 0.2) is 0 Å². The topological polar surface area (TPSA) is 25.2 Å². The van der Waals surface area contributed by atoms with Crippen LogP contribution in [0.3, 0.4) is 0 Å². The number of thioether (sulfide) groups is 1. The standard InChI is InChI=1S/C15H23F2NOS/c1-11-4-2-3-5-12(11)8-18-9-13-6-7-14(19-13)10-20-15(16)17/h6-7,11-12,15,18H,2-5,8-10H2,1H3. The molecule has 0 saturated heterocycles. The van der Waals surface area contributed by atoms with Crippen LogP contribution in [0.1, 0.15) is 44.1 Å². The Labute approximate surface area is 123 Å². The summed E-state index contributed by atoms with van der Waals surface area (Å²) in [5.41, 5.74) is 0. The number of halogens is 2. The van der Waals surface area contributed by atoms with Gasteiger partial charge in [0.1, 0.15) is 11.5 Å². The van der Waals surface area contributed by atoms with E-state index in [9.17, 15) is 8.78 Å². The van der Waals surface area contributed by atoms with E-state index in [0.717, 1.165) is 24.1 Å². The van der Waals surface area contributed by atoms with Crippen molar-refractivity contribution in [2.24, 2.45) is 11.8 Å². The van der Waals surface area contributed by atoms with Crippen molar-refractivity contribution in [3.63, 3.8) is 0 Å². The molecule has 1 N–H and O–H groups in total. The van der Waals surface area contributed by atoms with Crippen LogP contribution in [0.4, 0.5) is 8.78 Å². The SMILES string of the molecule is CC1CCCCC1CNCc1ccc(CSC(F)F)o1. The summed E-state index contributed by atoms with van der Waals surface area (Å²) in [6.07, 6.45) is 5.35. The molecule has 0 amide bonds. The molecular weight excluding hydrogens is 280 g/mol. The lowest BCUT2D eigenvalue weighted by atomic mass is 9.80. The zero-order valence-electron chi connectivity index (χ0n) is 11.9. The summed E-state index contributed by atoms with van der Waals surface area (Å²) >= 11 is 0.597. The quantitative estimate of drug-likeness (QED) is 0.793. The van der Waals surface area contributed by atoms with Crippen LogP contribution in [-0.4, -0.2) is 12.3 Å². The van der Waals surface area contributed by atoms with Crippen molar-refractivity contribution in [2.45, 2.75) is 50.7 Å². The maximum absolute atomic E-state index is 12.1. The molecule has 1 aliphatic rings. The highest BCUT2D eigenvalue weighted by atomic mass is 32.2. The Hall–Kier alpha value is -0.550. The molecule has 0 bridgehead atoms. The van der Waals surface area contributed by atoms with Gasteiger partial charge in [-0.2, -0.15) is 8.78 Å². The predicted molar refractivity (Wildman–Crippen MR) is 78.8 cm³/mol. The number of alkyl halides is 2. The second kappa shape index (κ2) is 8.03. The molecule has 114 valence electrons. The molecular formula is C15H23F2NOS. The van der Waals surface area contributed by atoms with Crippen LogP contribution in [0.25, 0.3) is 0 Å². The second-order valence-electron chi connectivity index (χ2n) is 5.59. The molecule has 2 unspecified atom stereocenters. The summed E-state index contributed by atoms with van der Waals surface area (Å²) < 4.78 is 29.7. The molecule has 5 heteroatoms. The average Bonchev–Trinajstić information content (AvgIpc) is 2.87. The normalized spacial score (nSPS) is 23.4. The van der Waals surface area contributed by atoms with Crippen molar-refractivity contribution in [3.05, 3.63) is 23.7 Å².